The van der Waals surface area contributed by atoms with Crippen molar-refractivity contribution in [3.05, 3.63) is 67.9 Å². The van der Waals surface area contributed by atoms with Crippen molar-refractivity contribution in [3.63, 3.8) is 0 Å². The third kappa shape index (κ3) is 3.16. The second-order valence-corrected chi connectivity index (χ2v) is 5.93. The van der Waals surface area contributed by atoms with Gasteiger partial charge in [0.25, 0.3) is 0 Å². The maximum atomic E-state index is 14.0. The molecule has 0 bridgehead atoms. The van der Waals surface area contributed by atoms with Gasteiger partial charge in [-0.1, -0.05) is 33.6 Å². The molecule has 0 fully saturated rings. The van der Waals surface area contributed by atoms with Gasteiger partial charge in [-0.3, -0.25) is 0 Å². The summed E-state index contributed by atoms with van der Waals surface area (Å²) in [5, 5.41) is 10.9. The Kier molecular flexibility index (Phi) is 4.29. The Morgan fingerprint density at radius 3 is 2.42 bits per heavy atom. The zero-order valence-corrected chi connectivity index (χ0v) is 12.9. The Morgan fingerprint density at radius 2 is 1.84 bits per heavy atom. The molecule has 2 rings (SSSR count). The number of hydrogen-bond acceptors (Lipinski definition) is 1. The second-order valence-electron chi connectivity index (χ2n) is 4.58. The van der Waals surface area contributed by atoms with E-state index in [0.29, 0.717) is 16.1 Å². The molecule has 1 unspecified atom stereocenters. The Morgan fingerprint density at radius 1 is 1.16 bits per heavy atom. The number of aliphatic hydroxyl groups excluding tert-OH is 1. The minimum Gasteiger partial charge on any atom is -0.384 e. The summed E-state index contributed by atoms with van der Waals surface area (Å²) in [5.41, 5.74) is 2.41. The summed E-state index contributed by atoms with van der Waals surface area (Å²) in [6, 6.07) is 8.35. The van der Waals surface area contributed by atoms with Crippen LogP contribution in [-0.4, -0.2) is 5.11 Å². The molecule has 19 heavy (non-hydrogen) atoms. The van der Waals surface area contributed by atoms with Crippen LogP contribution in [-0.2, 0) is 0 Å². The van der Waals surface area contributed by atoms with Crippen LogP contribution < -0.4 is 0 Å². The van der Waals surface area contributed by atoms with Crippen LogP contribution in [0.4, 0.5) is 4.39 Å². The van der Waals surface area contributed by atoms with Crippen molar-refractivity contribution in [3.8, 4) is 0 Å². The highest BCUT2D eigenvalue weighted by Crippen LogP contribution is 2.31. The molecule has 0 amide bonds. The molecular weight excluding hydrogens is 331 g/mol. The summed E-state index contributed by atoms with van der Waals surface area (Å²) in [7, 11) is 0. The van der Waals surface area contributed by atoms with E-state index in [1.807, 2.05) is 13.0 Å². The summed E-state index contributed by atoms with van der Waals surface area (Å²) >= 11 is 9.26. The lowest BCUT2D eigenvalue weighted by Crippen LogP contribution is -2.06. The van der Waals surface area contributed by atoms with Crippen molar-refractivity contribution in [2.24, 2.45) is 0 Å². The van der Waals surface area contributed by atoms with E-state index in [9.17, 15) is 9.50 Å². The van der Waals surface area contributed by atoms with Crippen molar-refractivity contribution >= 4 is 27.5 Å². The summed E-state index contributed by atoms with van der Waals surface area (Å²) in [6.45, 7) is 3.61. The lowest BCUT2D eigenvalue weighted by atomic mass is 9.95. The van der Waals surface area contributed by atoms with E-state index in [1.54, 1.807) is 25.1 Å². The van der Waals surface area contributed by atoms with Crippen LogP contribution in [0, 0.1) is 19.7 Å². The third-order valence-corrected chi connectivity index (χ3v) is 3.63. The molecule has 0 saturated heterocycles. The zero-order chi connectivity index (χ0) is 14.2. The third-order valence-electron chi connectivity index (χ3n) is 2.95. The molecule has 0 aliphatic heterocycles. The number of aryl methyl sites for hydroxylation is 2. The largest absolute Gasteiger partial charge is 0.384 e. The molecular formula is C15H13BrClFO. The maximum absolute atomic E-state index is 14.0. The molecule has 1 atom stereocenters. The Bertz CT molecular complexity index is 584. The minimum absolute atomic E-state index is 0.291. The predicted octanol–water partition coefficient (Wildman–Crippen LogP) is 4.94. The standard InChI is InChI=1S/C15H13BrClFO/c1-8-3-9(2)14(13(18)4-8)15(19)10-5-11(16)7-12(17)6-10/h3-7,15,19H,1-2H3. The SMILES string of the molecule is Cc1cc(C)c(C(O)c2cc(Cl)cc(Br)c2)c(F)c1. The molecule has 2 aromatic carbocycles. The maximum Gasteiger partial charge on any atom is 0.129 e. The molecule has 0 heterocycles. The van der Waals surface area contributed by atoms with E-state index >= 15 is 0 Å². The monoisotopic (exact) mass is 342 g/mol. The highest BCUT2D eigenvalue weighted by molar-refractivity contribution is 9.10. The average Bonchev–Trinajstić information content (AvgIpc) is 2.25. The smallest absolute Gasteiger partial charge is 0.129 e. The van der Waals surface area contributed by atoms with Crippen molar-refractivity contribution < 1.29 is 9.50 Å². The van der Waals surface area contributed by atoms with E-state index in [2.05, 4.69) is 15.9 Å². The number of halogens is 3. The van der Waals surface area contributed by atoms with E-state index in [4.69, 9.17) is 11.6 Å². The number of hydrogen-bond donors (Lipinski definition) is 1. The minimum atomic E-state index is -1.03. The van der Waals surface area contributed by atoms with Gasteiger partial charge < -0.3 is 5.11 Å². The molecule has 0 radical (unpaired) electrons. The van der Waals surface area contributed by atoms with E-state index in [1.165, 1.54) is 6.07 Å². The van der Waals surface area contributed by atoms with Crippen LogP contribution in [0.15, 0.2) is 34.8 Å². The molecule has 2 aromatic rings. The molecule has 100 valence electrons. The van der Waals surface area contributed by atoms with Gasteiger partial charge in [-0.15, -0.1) is 0 Å². The average molecular weight is 344 g/mol. The van der Waals surface area contributed by atoms with E-state index in [-0.39, 0.29) is 0 Å². The van der Waals surface area contributed by atoms with Crippen LogP contribution in [0.5, 0.6) is 0 Å². The fourth-order valence-corrected chi connectivity index (χ4v) is 3.06. The predicted molar refractivity (Wildman–Crippen MR) is 79.1 cm³/mol. The molecule has 1 nitrogen and oxygen atoms in total. The quantitative estimate of drug-likeness (QED) is 0.819. The van der Waals surface area contributed by atoms with Gasteiger partial charge in [0.15, 0.2) is 0 Å². The highest BCUT2D eigenvalue weighted by Gasteiger charge is 2.18. The van der Waals surface area contributed by atoms with Crippen LogP contribution >= 0.6 is 27.5 Å². The summed E-state index contributed by atoms with van der Waals surface area (Å²) < 4.78 is 14.8. The topological polar surface area (TPSA) is 20.2 Å². The van der Waals surface area contributed by atoms with E-state index < -0.39 is 11.9 Å². The van der Waals surface area contributed by atoms with Crippen molar-refractivity contribution in [1.29, 1.82) is 0 Å². The van der Waals surface area contributed by atoms with Crippen molar-refractivity contribution in [1.82, 2.24) is 0 Å². The first-order valence-electron chi connectivity index (χ1n) is 5.79. The van der Waals surface area contributed by atoms with Gasteiger partial charge in [-0.05, 0) is 54.8 Å². The first-order valence-corrected chi connectivity index (χ1v) is 6.96. The number of aliphatic hydroxyl groups is 1. The van der Waals surface area contributed by atoms with E-state index in [0.717, 1.165) is 15.6 Å². The summed E-state index contributed by atoms with van der Waals surface area (Å²) in [4.78, 5) is 0. The normalized spacial score (nSPS) is 12.5. The van der Waals surface area contributed by atoms with Gasteiger partial charge >= 0.3 is 0 Å². The zero-order valence-electron chi connectivity index (χ0n) is 10.5. The van der Waals surface area contributed by atoms with Gasteiger partial charge in [0.2, 0.25) is 0 Å². The Labute approximate surface area is 125 Å². The lowest BCUT2D eigenvalue weighted by Gasteiger charge is -2.16. The van der Waals surface area contributed by atoms with Crippen molar-refractivity contribution in [2.45, 2.75) is 20.0 Å². The number of benzene rings is 2. The van der Waals surface area contributed by atoms with Gasteiger partial charge in [-0.25, -0.2) is 4.39 Å². The molecule has 0 aromatic heterocycles. The summed E-state index contributed by atoms with van der Waals surface area (Å²) in [6.07, 6.45) is -1.03. The molecule has 1 N–H and O–H groups in total. The molecule has 0 aliphatic rings. The fraction of sp³-hybridized carbons (Fsp3) is 0.200. The molecule has 4 heteroatoms. The Hall–Kier alpha value is -0.900. The molecule has 0 saturated carbocycles. The van der Waals surface area contributed by atoms with Gasteiger partial charge in [0.1, 0.15) is 11.9 Å². The fourth-order valence-electron chi connectivity index (χ4n) is 2.17. The number of rotatable bonds is 2. The first-order chi connectivity index (χ1) is 8.88. The van der Waals surface area contributed by atoms with Gasteiger partial charge in [-0.2, -0.15) is 0 Å². The second kappa shape index (κ2) is 5.61. The van der Waals surface area contributed by atoms with Crippen LogP contribution in [0.1, 0.15) is 28.4 Å². The van der Waals surface area contributed by atoms with Crippen LogP contribution in [0.2, 0.25) is 5.02 Å². The summed E-state index contributed by atoms with van der Waals surface area (Å²) in [5.74, 6) is -0.402. The Balaban J connectivity index is 2.52. The first kappa shape index (κ1) is 14.5. The molecule has 0 aliphatic carbocycles. The van der Waals surface area contributed by atoms with Crippen LogP contribution in [0.3, 0.4) is 0 Å². The highest BCUT2D eigenvalue weighted by atomic mass is 79.9. The molecule has 0 spiro atoms. The van der Waals surface area contributed by atoms with Crippen LogP contribution in [0.25, 0.3) is 0 Å². The van der Waals surface area contributed by atoms with Gasteiger partial charge in [0, 0.05) is 15.1 Å². The van der Waals surface area contributed by atoms with Gasteiger partial charge in [0.05, 0.1) is 0 Å². The lowest BCUT2D eigenvalue weighted by molar-refractivity contribution is 0.214. The van der Waals surface area contributed by atoms with Crippen molar-refractivity contribution in [2.75, 3.05) is 0 Å².